The van der Waals surface area contributed by atoms with Crippen molar-refractivity contribution in [1.29, 1.82) is 0 Å². The Bertz CT molecular complexity index is 605. The van der Waals surface area contributed by atoms with Gasteiger partial charge in [-0.15, -0.1) is 0 Å². The van der Waals surface area contributed by atoms with E-state index in [9.17, 15) is 9.90 Å². The van der Waals surface area contributed by atoms with Crippen molar-refractivity contribution in [3.63, 3.8) is 0 Å². The predicted octanol–water partition coefficient (Wildman–Crippen LogP) is 2.33. The fraction of sp³-hybridized carbons (Fsp3) is 0. The first kappa shape index (κ1) is 10.9. The number of carboxylic acids is 1. The Morgan fingerprint density at radius 2 is 2.12 bits per heavy atom. The van der Waals surface area contributed by atoms with E-state index in [0.29, 0.717) is 15.9 Å². The fourth-order valence-corrected chi connectivity index (χ4v) is 1.87. The molecular formula is C10H6ClNO3S. The van der Waals surface area contributed by atoms with E-state index in [4.69, 9.17) is 28.9 Å². The van der Waals surface area contributed by atoms with Crippen molar-refractivity contribution in [3.8, 4) is 5.88 Å². The second kappa shape index (κ2) is 3.77. The zero-order valence-electron chi connectivity index (χ0n) is 7.82. The Labute approximate surface area is 100 Å². The molecule has 0 aliphatic rings. The van der Waals surface area contributed by atoms with Crippen LogP contribution in [0.25, 0.3) is 10.9 Å². The SMILES string of the molecule is O=C(O)C(=S)c1c(O)[nH]c2ccc(Cl)cc12. The van der Waals surface area contributed by atoms with Gasteiger partial charge in [0, 0.05) is 15.9 Å². The minimum absolute atomic E-state index is 0.0972. The van der Waals surface area contributed by atoms with Gasteiger partial charge in [-0.3, -0.25) is 0 Å². The van der Waals surface area contributed by atoms with Crippen LogP contribution in [-0.2, 0) is 4.79 Å². The average Bonchev–Trinajstić information content (AvgIpc) is 2.52. The summed E-state index contributed by atoms with van der Waals surface area (Å²) < 4.78 is 0. The standard InChI is InChI=1S/C10H6ClNO3S/c11-4-1-2-6-5(3-4)7(9(13)12-6)8(16)10(14)15/h1-3,12-13H,(H,14,15). The van der Waals surface area contributed by atoms with E-state index < -0.39 is 5.97 Å². The molecule has 3 N–H and O–H groups in total. The van der Waals surface area contributed by atoms with Gasteiger partial charge in [0.1, 0.15) is 4.86 Å². The summed E-state index contributed by atoms with van der Waals surface area (Å²) in [5.41, 5.74) is 0.681. The lowest BCUT2D eigenvalue weighted by Crippen LogP contribution is -2.10. The molecule has 6 heteroatoms. The molecule has 0 atom stereocenters. The highest BCUT2D eigenvalue weighted by atomic mass is 35.5. The number of hydrogen-bond donors (Lipinski definition) is 3. The highest BCUT2D eigenvalue weighted by molar-refractivity contribution is 7.82. The van der Waals surface area contributed by atoms with Crippen LogP contribution in [-0.4, -0.2) is 26.0 Å². The van der Waals surface area contributed by atoms with Gasteiger partial charge in [-0.25, -0.2) is 4.79 Å². The van der Waals surface area contributed by atoms with E-state index in [-0.39, 0.29) is 16.3 Å². The number of carboxylic acid groups (broad SMARTS) is 1. The highest BCUT2D eigenvalue weighted by Crippen LogP contribution is 2.30. The summed E-state index contributed by atoms with van der Waals surface area (Å²) >= 11 is 10.5. The van der Waals surface area contributed by atoms with E-state index in [0.717, 1.165) is 0 Å². The van der Waals surface area contributed by atoms with Crippen LogP contribution in [0.4, 0.5) is 0 Å². The van der Waals surface area contributed by atoms with Gasteiger partial charge in [-0.05, 0) is 18.2 Å². The van der Waals surface area contributed by atoms with Gasteiger partial charge in [0.2, 0.25) is 0 Å². The van der Waals surface area contributed by atoms with Crippen molar-refractivity contribution in [3.05, 3.63) is 28.8 Å². The molecule has 0 unspecified atom stereocenters. The lowest BCUT2D eigenvalue weighted by Gasteiger charge is -1.97. The first-order valence-electron chi connectivity index (χ1n) is 4.28. The summed E-state index contributed by atoms with van der Waals surface area (Å²) in [6.45, 7) is 0. The first-order valence-corrected chi connectivity index (χ1v) is 5.07. The molecule has 1 heterocycles. The summed E-state index contributed by atoms with van der Waals surface area (Å²) in [7, 11) is 0. The minimum atomic E-state index is -1.26. The molecule has 0 aliphatic heterocycles. The molecule has 0 amide bonds. The summed E-state index contributed by atoms with van der Waals surface area (Å²) in [4.78, 5) is 13.1. The van der Waals surface area contributed by atoms with Crippen LogP contribution in [0.2, 0.25) is 5.02 Å². The van der Waals surface area contributed by atoms with Crippen molar-refractivity contribution < 1.29 is 15.0 Å². The average molecular weight is 256 g/mol. The molecule has 0 bridgehead atoms. The summed E-state index contributed by atoms with van der Waals surface area (Å²) in [5, 5.41) is 19.3. The number of aromatic amines is 1. The molecule has 0 fully saturated rings. The topological polar surface area (TPSA) is 73.3 Å². The number of rotatable bonds is 2. The van der Waals surface area contributed by atoms with Gasteiger partial charge < -0.3 is 15.2 Å². The van der Waals surface area contributed by atoms with Crippen molar-refractivity contribution in [2.75, 3.05) is 0 Å². The number of H-pyrrole nitrogens is 1. The number of carbonyl (C=O) groups is 1. The highest BCUT2D eigenvalue weighted by Gasteiger charge is 2.20. The number of benzene rings is 1. The van der Waals surface area contributed by atoms with Crippen LogP contribution < -0.4 is 0 Å². The fourth-order valence-electron chi connectivity index (χ4n) is 1.49. The molecule has 4 nitrogen and oxygen atoms in total. The third-order valence-electron chi connectivity index (χ3n) is 2.16. The number of halogens is 1. The van der Waals surface area contributed by atoms with Crippen molar-refractivity contribution in [1.82, 2.24) is 4.98 Å². The minimum Gasteiger partial charge on any atom is -0.494 e. The van der Waals surface area contributed by atoms with Gasteiger partial charge in [0.15, 0.2) is 5.88 Å². The van der Waals surface area contributed by atoms with Gasteiger partial charge in [-0.2, -0.15) is 0 Å². The number of hydrogen-bond acceptors (Lipinski definition) is 3. The second-order valence-corrected chi connectivity index (χ2v) is 4.02. The number of fused-ring (bicyclic) bond motifs is 1. The summed E-state index contributed by atoms with van der Waals surface area (Å²) in [6, 6.07) is 4.83. The quantitative estimate of drug-likeness (QED) is 0.569. The molecule has 1 aromatic carbocycles. The number of aromatic nitrogens is 1. The monoisotopic (exact) mass is 255 g/mol. The molecule has 2 rings (SSSR count). The van der Waals surface area contributed by atoms with Gasteiger partial charge in [0.05, 0.1) is 5.56 Å². The summed E-state index contributed by atoms with van der Waals surface area (Å²) in [6.07, 6.45) is 0. The molecule has 0 saturated heterocycles. The zero-order chi connectivity index (χ0) is 11.9. The maximum absolute atomic E-state index is 10.8. The normalized spacial score (nSPS) is 10.6. The van der Waals surface area contributed by atoms with E-state index in [1.54, 1.807) is 18.2 Å². The molecule has 1 aromatic heterocycles. The van der Waals surface area contributed by atoms with Crippen LogP contribution in [0.15, 0.2) is 18.2 Å². The molecule has 16 heavy (non-hydrogen) atoms. The Morgan fingerprint density at radius 3 is 2.75 bits per heavy atom. The first-order chi connectivity index (χ1) is 7.50. The zero-order valence-corrected chi connectivity index (χ0v) is 9.39. The van der Waals surface area contributed by atoms with Gasteiger partial charge >= 0.3 is 5.97 Å². The van der Waals surface area contributed by atoms with Crippen LogP contribution in [0.5, 0.6) is 5.88 Å². The van der Waals surface area contributed by atoms with E-state index in [1.165, 1.54) is 0 Å². The van der Waals surface area contributed by atoms with Crippen molar-refractivity contribution in [2.45, 2.75) is 0 Å². The number of thiocarbonyl (C=S) groups is 1. The molecule has 0 aliphatic carbocycles. The van der Waals surface area contributed by atoms with Crippen LogP contribution in [0.3, 0.4) is 0 Å². The Balaban J connectivity index is 2.77. The van der Waals surface area contributed by atoms with Crippen LogP contribution >= 0.6 is 23.8 Å². The number of aromatic hydroxyl groups is 1. The van der Waals surface area contributed by atoms with E-state index in [1.807, 2.05) is 0 Å². The molecule has 2 aromatic rings. The summed E-state index contributed by atoms with van der Waals surface area (Å²) in [5.74, 6) is -1.52. The van der Waals surface area contributed by atoms with E-state index >= 15 is 0 Å². The maximum atomic E-state index is 10.8. The smallest absolute Gasteiger partial charge is 0.347 e. The molecule has 82 valence electrons. The number of aliphatic carboxylic acids is 1. The Hall–Kier alpha value is -1.59. The molecular weight excluding hydrogens is 250 g/mol. The third-order valence-corrected chi connectivity index (χ3v) is 2.78. The van der Waals surface area contributed by atoms with Crippen LogP contribution in [0.1, 0.15) is 5.56 Å². The Kier molecular flexibility index (Phi) is 2.57. The predicted molar refractivity (Wildman–Crippen MR) is 64.3 cm³/mol. The van der Waals surface area contributed by atoms with Gasteiger partial charge in [0.25, 0.3) is 0 Å². The third kappa shape index (κ3) is 1.64. The largest absolute Gasteiger partial charge is 0.494 e. The second-order valence-electron chi connectivity index (χ2n) is 3.17. The Morgan fingerprint density at radius 1 is 1.44 bits per heavy atom. The van der Waals surface area contributed by atoms with Crippen molar-refractivity contribution in [2.24, 2.45) is 0 Å². The van der Waals surface area contributed by atoms with Crippen LogP contribution in [0, 0.1) is 0 Å². The molecule has 0 saturated carbocycles. The van der Waals surface area contributed by atoms with E-state index in [2.05, 4.69) is 4.98 Å². The number of nitrogens with one attached hydrogen (secondary N) is 1. The van der Waals surface area contributed by atoms with Crippen molar-refractivity contribution >= 4 is 45.6 Å². The van der Waals surface area contributed by atoms with Gasteiger partial charge in [-0.1, -0.05) is 23.8 Å². The lowest BCUT2D eigenvalue weighted by molar-refractivity contribution is -0.129. The lowest BCUT2D eigenvalue weighted by atomic mass is 10.1. The molecule has 0 radical (unpaired) electrons. The maximum Gasteiger partial charge on any atom is 0.347 e. The molecule has 0 spiro atoms.